The van der Waals surface area contributed by atoms with Crippen LogP contribution in [0.1, 0.15) is 13.8 Å². The van der Waals surface area contributed by atoms with E-state index in [9.17, 15) is 0 Å². The van der Waals surface area contributed by atoms with Crippen molar-refractivity contribution < 1.29 is 0 Å². The molecule has 2 aromatic heterocycles. The van der Waals surface area contributed by atoms with E-state index in [4.69, 9.17) is 11.6 Å². The zero-order valence-corrected chi connectivity index (χ0v) is 15.7. The molecular formula is C18H22ClN7. The first kappa shape index (κ1) is 18.3. The highest BCUT2D eigenvalue weighted by molar-refractivity contribution is 6.30. The van der Waals surface area contributed by atoms with E-state index in [1.165, 1.54) is 0 Å². The van der Waals surface area contributed by atoms with Crippen LogP contribution in [-0.4, -0.2) is 51.0 Å². The number of likely N-dealkylation sites (N-methyl/N-ethyl adjacent to an activating group) is 1. The summed E-state index contributed by atoms with van der Waals surface area (Å²) in [5, 5.41) is 7.23. The van der Waals surface area contributed by atoms with Gasteiger partial charge in [-0.05, 0) is 37.4 Å². The molecule has 0 radical (unpaired) electrons. The highest BCUT2D eigenvalue weighted by Gasteiger charge is 2.10. The molecule has 3 aromatic rings. The summed E-state index contributed by atoms with van der Waals surface area (Å²) in [5.41, 5.74) is 2.04. The third-order valence-corrected chi connectivity index (χ3v) is 4.30. The molecule has 2 N–H and O–H groups in total. The Kier molecular flexibility index (Phi) is 6.14. The van der Waals surface area contributed by atoms with Gasteiger partial charge < -0.3 is 15.5 Å². The summed E-state index contributed by atoms with van der Waals surface area (Å²) in [6.07, 6.45) is 3.26. The summed E-state index contributed by atoms with van der Waals surface area (Å²) in [4.78, 5) is 20.0. The van der Waals surface area contributed by atoms with Gasteiger partial charge in [0.25, 0.3) is 0 Å². The average molecular weight is 372 g/mol. The average Bonchev–Trinajstić information content (AvgIpc) is 2.67. The fourth-order valence-corrected chi connectivity index (χ4v) is 2.69. The Labute approximate surface area is 157 Å². The number of halogens is 1. The lowest BCUT2D eigenvalue weighted by Crippen LogP contribution is -2.29. The minimum Gasteiger partial charge on any atom is -0.353 e. The van der Waals surface area contributed by atoms with E-state index >= 15 is 0 Å². The number of anilines is 3. The maximum atomic E-state index is 5.95. The van der Waals surface area contributed by atoms with Gasteiger partial charge in [0.2, 0.25) is 5.95 Å². The van der Waals surface area contributed by atoms with Crippen molar-refractivity contribution in [1.82, 2.24) is 24.8 Å². The van der Waals surface area contributed by atoms with E-state index in [-0.39, 0.29) is 0 Å². The molecule has 2 heterocycles. The van der Waals surface area contributed by atoms with Crippen LogP contribution in [0.15, 0.2) is 36.7 Å². The van der Waals surface area contributed by atoms with Crippen LogP contribution in [0, 0.1) is 0 Å². The van der Waals surface area contributed by atoms with Gasteiger partial charge in [0.05, 0.1) is 0 Å². The highest BCUT2D eigenvalue weighted by Crippen LogP contribution is 2.23. The van der Waals surface area contributed by atoms with Crippen molar-refractivity contribution in [3.63, 3.8) is 0 Å². The van der Waals surface area contributed by atoms with Crippen LogP contribution in [0.2, 0.25) is 5.02 Å². The second-order valence-electron chi connectivity index (χ2n) is 5.71. The molecular weight excluding hydrogens is 350 g/mol. The summed E-state index contributed by atoms with van der Waals surface area (Å²) in [7, 11) is 0. The number of benzene rings is 1. The van der Waals surface area contributed by atoms with Crippen LogP contribution in [0.5, 0.6) is 0 Å². The first-order valence-electron chi connectivity index (χ1n) is 8.67. The Balaban J connectivity index is 1.82. The molecule has 0 aliphatic carbocycles. The van der Waals surface area contributed by atoms with Gasteiger partial charge in [-0.3, -0.25) is 0 Å². The molecule has 8 heteroatoms. The Morgan fingerprint density at radius 2 is 1.73 bits per heavy atom. The SMILES string of the molecule is CCN(CC)CCNc1nc(Nc2ccc(Cl)cc2)c2nccnc2n1. The predicted octanol–water partition coefficient (Wildman–Crippen LogP) is 3.57. The molecule has 1 aromatic carbocycles. The van der Waals surface area contributed by atoms with Crippen LogP contribution < -0.4 is 10.6 Å². The van der Waals surface area contributed by atoms with Crippen molar-refractivity contribution in [2.75, 3.05) is 36.8 Å². The molecule has 0 saturated heterocycles. The standard InChI is InChI=1S/C18H22ClN7/c1-3-26(4-2)12-11-22-18-24-16-15(20-9-10-21-16)17(25-18)23-14-7-5-13(19)6-8-14/h5-10H,3-4,11-12H2,1-2H3,(H2,21,22,23,24,25). The second kappa shape index (κ2) is 8.73. The van der Waals surface area contributed by atoms with Crippen LogP contribution in [0.3, 0.4) is 0 Å². The lowest BCUT2D eigenvalue weighted by molar-refractivity contribution is 0.316. The normalized spacial score (nSPS) is 11.1. The molecule has 26 heavy (non-hydrogen) atoms. The molecule has 0 spiro atoms. The maximum Gasteiger partial charge on any atom is 0.226 e. The van der Waals surface area contributed by atoms with Gasteiger partial charge >= 0.3 is 0 Å². The van der Waals surface area contributed by atoms with E-state index in [2.05, 4.69) is 49.3 Å². The van der Waals surface area contributed by atoms with Gasteiger partial charge in [-0.15, -0.1) is 0 Å². The van der Waals surface area contributed by atoms with E-state index in [0.29, 0.717) is 28.0 Å². The molecule has 0 saturated carbocycles. The number of rotatable bonds is 8. The number of hydrogen-bond acceptors (Lipinski definition) is 7. The minimum absolute atomic E-state index is 0.529. The lowest BCUT2D eigenvalue weighted by Gasteiger charge is -2.18. The van der Waals surface area contributed by atoms with Crippen LogP contribution in [0.4, 0.5) is 17.5 Å². The van der Waals surface area contributed by atoms with Crippen molar-refractivity contribution in [1.29, 1.82) is 0 Å². The van der Waals surface area contributed by atoms with E-state index < -0.39 is 0 Å². The van der Waals surface area contributed by atoms with E-state index in [1.54, 1.807) is 12.4 Å². The molecule has 0 fully saturated rings. The first-order chi connectivity index (χ1) is 12.7. The van der Waals surface area contributed by atoms with Crippen LogP contribution >= 0.6 is 11.6 Å². The fourth-order valence-electron chi connectivity index (χ4n) is 2.57. The van der Waals surface area contributed by atoms with Gasteiger partial charge in [0, 0.05) is 36.2 Å². The molecule has 3 rings (SSSR count). The first-order valence-corrected chi connectivity index (χ1v) is 9.05. The van der Waals surface area contributed by atoms with E-state index in [1.807, 2.05) is 24.3 Å². The summed E-state index contributed by atoms with van der Waals surface area (Å²) in [6.45, 7) is 8.03. The monoisotopic (exact) mass is 371 g/mol. The Bertz CT molecular complexity index is 850. The number of nitrogens with one attached hydrogen (secondary N) is 2. The summed E-state index contributed by atoms with van der Waals surface area (Å²) in [6, 6.07) is 7.42. The Morgan fingerprint density at radius 1 is 1.00 bits per heavy atom. The topological polar surface area (TPSA) is 78.9 Å². The Hall–Kier alpha value is -2.51. The smallest absolute Gasteiger partial charge is 0.226 e. The van der Waals surface area contributed by atoms with Crippen LogP contribution in [-0.2, 0) is 0 Å². The van der Waals surface area contributed by atoms with E-state index in [0.717, 1.165) is 31.9 Å². The molecule has 0 aliphatic rings. The van der Waals surface area contributed by atoms with Crippen LogP contribution in [0.25, 0.3) is 11.2 Å². The van der Waals surface area contributed by atoms with Gasteiger partial charge in [-0.2, -0.15) is 9.97 Å². The fraction of sp³-hybridized carbons (Fsp3) is 0.333. The molecule has 136 valence electrons. The third-order valence-electron chi connectivity index (χ3n) is 4.05. The van der Waals surface area contributed by atoms with Crippen molar-refractivity contribution in [2.24, 2.45) is 0 Å². The van der Waals surface area contributed by atoms with Gasteiger partial charge in [0.1, 0.15) is 0 Å². The molecule has 0 bridgehead atoms. The summed E-state index contributed by atoms with van der Waals surface area (Å²) >= 11 is 5.95. The highest BCUT2D eigenvalue weighted by atomic mass is 35.5. The molecule has 0 unspecified atom stereocenters. The number of fused-ring (bicyclic) bond motifs is 1. The molecule has 7 nitrogen and oxygen atoms in total. The molecule has 0 aliphatic heterocycles. The van der Waals surface area contributed by atoms with Crippen molar-refractivity contribution >= 4 is 40.2 Å². The van der Waals surface area contributed by atoms with Gasteiger partial charge in [0.15, 0.2) is 17.0 Å². The largest absolute Gasteiger partial charge is 0.353 e. The zero-order chi connectivity index (χ0) is 18.4. The maximum absolute atomic E-state index is 5.95. The second-order valence-corrected chi connectivity index (χ2v) is 6.15. The number of nitrogens with zero attached hydrogens (tertiary/aromatic N) is 5. The molecule has 0 amide bonds. The van der Waals surface area contributed by atoms with Crippen molar-refractivity contribution in [3.05, 3.63) is 41.7 Å². The quantitative estimate of drug-likeness (QED) is 0.626. The third kappa shape index (κ3) is 4.56. The van der Waals surface area contributed by atoms with Crippen molar-refractivity contribution in [2.45, 2.75) is 13.8 Å². The number of aromatic nitrogens is 4. The minimum atomic E-state index is 0.529. The van der Waals surface area contributed by atoms with Gasteiger partial charge in [-0.25, -0.2) is 9.97 Å². The van der Waals surface area contributed by atoms with Gasteiger partial charge in [-0.1, -0.05) is 25.4 Å². The van der Waals surface area contributed by atoms with Crippen molar-refractivity contribution in [3.8, 4) is 0 Å². The summed E-state index contributed by atoms with van der Waals surface area (Å²) in [5.74, 6) is 1.14. The Morgan fingerprint density at radius 3 is 2.46 bits per heavy atom. The zero-order valence-electron chi connectivity index (χ0n) is 14.9. The molecule has 0 atom stereocenters. The lowest BCUT2D eigenvalue weighted by atomic mass is 10.3. The number of hydrogen-bond donors (Lipinski definition) is 2. The summed E-state index contributed by atoms with van der Waals surface area (Å²) < 4.78 is 0. The predicted molar refractivity (Wildman–Crippen MR) is 106 cm³/mol.